The van der Waals surface area contributed by atoms with E-state index in [4.69, 9.17) is 4.42 Å². The monoisotopic (exact) mass is 445 g/mol. The summed E-state index contributed by atoms with van der Waals surface area (Å²) in [6.45, 7) is 5.59. The van der Waals surface area contributed by atoms with Crippen LogP contribution in [0.4, 0.5) is 0 Å². The van der Waals surface area contributed by atoms with Crippen LogP contribution in [0.3, 0.4) is 0 Å². The number of aromatic nitrogens is 4. The van der Waals surface area contributed by atoms with Crippen LogP contribution in [-0.4, -0.2) is 50.0 Å². The molecule has 0 bridgehead atoms. The molecular formula is C22H28ClN5OS. The van der Waals surface area contributed by atoms with Crippen molar-refractivity contribution in [3.63, 3.8) is 0 Å². The van der Waals surface area contributed by atoms with Crippen LogP contribution in [0, 0.1) is 12.3 Å². The molecule has 1 spiro atoms. The van der Waals surface area contributed by atoms with Crippen LogP contribution in [0.2, 0.25) is 0 Å². The Kier molecular flexibility index (Phi) is 6.23. The normalized spacial score (nSPS) is 23.1. The minimum Gasteiger partial charge on any atom is -0.440 e. The number of nitrogens with zero attached hydrogens (tertiary/aromatic N) is 5. The molecule has 2 unspecified atom stereocenters. The fourth-order valence-corrected chi connectivity index (χ4v) is 5.57. The summed E-state index contributed by atoms with van der Waals surface area (Å²) in [4.78, 5) is 6.80. The van der Waals surface area contributed by atoms with Crippen LogP contribution in [0.5, 0.6) is 0 Å². The zero-order chi connectivity index (χ0) is 19.8. The van der Waals surface area contributed by atoms with Crippen LogP contribution < -0.4 is 0 Å². The molecule has 1 aliphatic carbocycles. The molecule has 2 fully saturated rings. The zero-order valence-electron chi connectivity index (χ0n) is 17.5. The average Bonchev–Trinajstić information content (AvgIpc) is 3.02. The minimum absolute atomic E-state index is 0. The van der Waals surface area contributed by atoms with Crippen molar-refractivity contribution in [3.8, 4) is 11.6 Å². The molecule has 0 N–H and O–H groups in total. The first kappa shape index (κ1) is 21.4. The first-order valence-corrected chi connectivity index (χ1v) is 11.3. The maximum atomic E-state index is 5.45. The van der Waals surface area contributed by atoms with Gasteiger partial charge in [-0.3, -0.25) is 0 Å². The van der Waals surface area contributed by atoms with Crippen LogP contribution >= 0.6 is 24.2 Å². The molecule has 3 aromatic rings. The lowest BCUT2D eigenvalue weighted by atomic mass is 9.98. The smallest absolute Gasteiger partial charge is 0.202 e. The van der Waals surface area contributed by atoms with E-state index in [0.29, 0.717) is 11.2 Å². The lowest BCUT2D eigenvalue weighted by Gasteiger charge is -2.16. The molecule has 2 atom stereocenters. The summed E-state index contributed by atoms with van der Waals surface area (Å²) in [6, 6.07) is 11.1. The van der Waals surface area contributed by atoms with Crippen molar-refractivity contribution in [2.24, 2.45) is 12.5 Å². The largest absolute Gasteiger partial charge is 0.440 e. The first-order chi connectivity index (χ1) is 14.2. The van der Waals surface area contributed by atoms with E-state index in [1.54, 1.807) is 11.8 Å². The predicted octanol–water partition coefficient (Wildman–Crippen LogP) is 4.56. The number of thioether (sulfide) groups is 1. The molecule has 1 aliphatic heterocycles. The van der Waals surface area contributed by atoms with Gasteiger partial charge in [0.15, 0.2) is 17.3 Å². The van der Waals surface area contributed by atoms with Crippen LogP contribution in [0.25, 0.3) is 11.6 Å². The number of rotatable bonds is 7. The maximum Gasteiger partial charge on any atom is 0.202 e. The van der Waals surface area contributed by atoms with Crippen LogP contribution in [-0.2, 0) is 7.05 Å². The molecule has 3 heterocycles. The van der Waals surface area contributed by atoms with Gasteiger partial charge < -0.3 is 13.9 Å². The molecule has 1 aromatic carbocycles. The Labute approximate surface area is 187 Å². The molecule has 2 aliphatic rings. The molecule has 1 saturated carbocycles. The van der Waals surface area contributed by atoms with Crippen molar-refractivity contribution in [2.75, 3.05) is 25.4 Å². The van der Waals surface area contributed by atoms with Crippen LogP contribution in [0.15, 0.2) is 46.3 Å². The van der Waals surface area contributed by atoms with E-state index in [1.807, 2.05) is 18.5 Å². The SMILES string of the molecule is Cc1ncoc1-c1nnc(SCCCN2CCC3(CC3c3ccccc3)C2)n1C.Cl. The third-order valence-electron chi connectivity index (χ3n) is 6.49. The van der Waals surface area contributed by atoms with E-state index in [1.165, 1.54) is 50.9 Å². The number of oxazole rings is 1. The van der Waals surface area contributed by atoms with Crippen molar-refractivity contribution in [1.29, 1.82) is 0 Å². The Hall–Kier alpha value is -1.83. The summed E-state index contributed by atoms with van der Waals surface area (Å²) < 4.78 is 7.45. The average molecular weight is 446 g/mol. The second-order valence-electron chi connectivity index (χ2n) is 8.39. The number of halogens is 1. The summed E-state index contributed by atoms with van der Waals surface area (Å²) in [5.74, 6) is 3.27. The number of hydrogen-bond acceptors (Lipinski definition) is 6. The van der Waals surface area contributed by atoms with Crippen molar-refractivity contribution < 1.29 is 4.42 Å². The third-order valence-corrected chi connectivity index (χ3v) is 7.60. The quantitative estimate of drug-likeness (QED) is 0.392. The Morgan fingerprint density at radius 2 is 2.07 bits per heavy atom. The summed E-state index contributed by atoms with van der Waals surface area (Å²) >= 11 is 1.77. The molecule has 2 aromatic heterocycles. The molecular weight excluding hydrogens is 418 g/mol. The van der Waals surface area contributed by atoms with E-state index in [9.17, 15) is 0 Å². The highest BCUT2D eigenvalue weighted by atomic mass is 35.5. The Morgan fingerprint density at radius 1 is 1.23 bits per heavy atom. The summed E-state index contributed by atoms with van der Waals surface area (Å²) in [6.07, 6.45) is 5.34. The summed E-state index contributed by atoms with van der Waals surface area (Å²) in [5, 5.41) is 9.55. The van der Waals surface area contributed by atoms with Crippen molar-refractivity contribution >= 4 is 24.2 Å². The fraction of sp³-hybridized carbons (Fsp3) is 0.500. The van der Waals surface area contributed by atoms with E-state index in [2.05, 4.69) is 50.4 Å². The minimum atomic E-state index is 0. The van der Waals surface area contributed by atoms with Gasteiger partial charge >= 0.3 is 0 Å². The van der Waals surface area contributed by atoms with E-state index in [-0.39, 0.29) is 12.4 Å². The highest BCUT2D eigenvalue weighted by Crippen LogP contribution is 2.64. The van der Waals surface area contributed by atoms with Gasteiger partial charge in [-0.2, -0.15) is 0 Å². The number of aryl methyl sites for hydroxylation is 1. The van der Waals surface area contributed by atoms with Gasteiger partial charge in [-0.25, -0.2) is 4.98 Å². The molecule has 160 valence electrons. The molecule has 0 amide bonds. The maximum absolute atomic E-state index is 5.45. The van der Waals surface area contributed by atoms with E-state index >= 15 is 0 Å². The standard InChI is InChI=1S/C22H27N5OS.ClH/c1-16-19(28-15-23-16)20-24-25-21(26(20)2)29-12-6-10-27-11-9-22(14-27)13-18(22)17-7-4-3-5-8-17;/h3-5,7-8,15,18H,6,9-14H2,1-2H3;1H. The summed E-state index contributed by atoms with van der Waals surface area (Å²) in [5.41, 5.74) is 2.93. The van der Waals surface area contributed by atoms with Gasteiger partial charge in [0.25, 0.3) is 0 Å². The van der Waals surface area contributed by atoms with Gasteiger partial charge in [0.2, 0.25) is 5.82 Å². The Balaban J connectivity index is 0.00000218. The molecule has 30 heavy (non-hydrogen) atoms. The highest BCUT2D eigenvalue weighted by molar-refractivity contribution is 7.99. The second-order valence-corrected chi connectivity index (χ2v) is 9.45. The number of likely N-dealkylation sites (tertiary alicyclic amines) is 1. The molecule has 6 nitrogen and oxygen atoms in total. The lowest BCUT2D eigenvalue weighted by Crippen LogP contribution is -2.23. The van der Waals surface area contributed by atoms with Crippen molar-refractivity contribution in [1.82, 2.24) is 24.6 Å². The van der Waals surface area contributed by atoms with Crippen LogP contribution in [0.1, 0.15) is 36.4 Å². The van der Waals surface area contributed by atoms with Gasteiger partial charge in [0, 0.05) is 19.3 Å². The molecule has 8 heteroatoms. The fourth-order valence-electron chi connectivity index (χ4n) is 4.74. The van der Waals surface area contributed by atoms with Gasteiger partial charge in [0.1, 0.15) is 0 Å². The Morgan fingerprint density at radius 3 is 2.83 bits per heavy atom. The lowest BCUT2D eigenvalue weighted by molar-refractivity contribution is 0.319. The van der Waals surface area contributed by atoms with E-state index in [0.717, 1.165) is 28.3 Å². The van der Waals surface area contributed by atoms with Crippen molar-refractivity contribution in [3.05, 3.63) is 48.0 Å². The van der Waals surface area contributed by atoms with Gasteiger partial charge in [-0.1, -0.05) is 42.1 Å². The topological polar surface area (TPSA) is 60.0 Å². The highest BCUT2D eigenvalue weighted by Gasteiger charge is 2.57. The van der Waals surface area contributed by atoms with E-state index < -0.39 is 0 Å². The summed E-state index contributed by atoms with van der Waals surface area (Å²) in [7, 11) is 1.99. The number of hydrogen-bond donors (Lipinski definition) is 0. The Bertz CT molecular complexity index is 991. The molecule has 1 saturated heterocycles. The molecule has 5 rings (SSSR count). The predicted molar refractivity (Wildman–Crippen MR) is 121 cm³/mol. The zero-order valence-corrected chi connectivity index (χ0v) is 19.1. The first-order valence-electron chi connectivity index (χ1n) is 10.4. The van der Waals surface area contributed by atoms with Crippen molar-refractivity contribution in [2.45, 2.75) is 37.3 Å². The second kappa shape index (κ2) is 8.73. The van der Waals surface area contributed by atoms with Gasteiger partial charge in [-0.15, -0.1) is 22.6 Å². The molecule has 0 radical (unpaired) electrons. The third kappa shape index (κ3) is 4.03. The van der Waals surface area contributed by atoms with Gasteiger partial charge in [-0.05, 0) is 56.2 Å². The van der Waals surface area contributed by atoms with Gasteiger partial charge in [0.05, 0.1) is 5.69 Å². The number of benzene rings is 1.